The number of nitrogens with zero attached hydrogens (tertiary/aromatic N) is 7. The summed E-state index contributed by atoms with van der Waals surface area (Å²) in [5, 5.41) is 9.15. The van der Waals surface area contributed by atoms with Crippen LogP contribution >= 0.6 is 0 Å². The zero-order chi connectivity index (χ0) is 26.5. The molecule has 11 nitrogen and oxygen atoms in total. The lowest BCUT2D eigenvalue weighted by molar-refractivity contribution is -0.136. The van der Waals surface area contributed by atoms with Crippen molar-refractivity contribution in [3.8, 4) is 17.0 Å². The van der Waals surface area contributed by atoms with Gasteiger partial charge in [-0.3, -0.25) is 4.79 Å². The number of hydrogen-bond donors (Lipinski definition) is 1. The number of aromatic nitrogens is 5. The number of amides is 1. The number of piperazine rings is 1. The van der Waals surface area contributed by atoms with E-state index in [9.17, 15) is 4.79 Å². The summed E-state index contributed by atoms with van der Waals surface area (Å²) in [6.07, 6.45) is 3.53. The second-order valence-electron chi connectivity index (χ2n) is 9.15. The molecule has 1 aliphatic heterocycles. The Balaban J connectivity index is 1.20. The van der Waals surface area contributed by atoms with Crippen LogP contribution in [0.1, 0.15) is 12.7 Å². The van der Waals surface area contributed by atoms with E-state index in [1.807, 2.05) is 65.9 Å². The van der Waals surface area contributed by atoms with Gasteiger partial charge in [-0.2, -0.15) is 0 Å². The van der Waals surface area contributed by atoms with Crippen LogP contribution in [0.4, 0.5) is 5.95 Å². The normalized spacial score (nSPS) is 15.7. The highest BCUT2D eigenvalue weighted by Gasteiger charge is 2.28. The van der Waals surface area contributed by atoms with E-state index < -0.39 is 6.61 Å². The van der Waals surface area contributed by atoms with Gasteiger partial charge in [0.1, 0.15) is 36.9 Å². The van der Waals surface area contributed by atoms with Crippen LogP contribution in [-0.4, -0.2) is 85.9 Å². The van der Waals surface area contributed by atoms with Gasteiger partial charge in [-0.25, -0.2) is 19.9 Å². The highest BCUT2D eigenvalue weighted by molar-refractivity contribution is 5.78. The van der Waals surface area contributed by atoms with Crippen LogP contribution in [0.5, 0.6) is 5.75 Å². The molecule has 1 atom stereocenters. The number of imidazole rings is 1. The maximum atomic E-state index is 11.9. The SMILES string of the molecule is CC1CN(c2ncc(-c3ccc4nc(COCCOc5ccccc5)n(C)c4n3)cn2)CCN1C(=O)CO. The van der Waals surface area contributed by atoms with Crippen molar-refractivity contribution in [3.05, 3.63) is 60.7 Å². The number of hydrogen-bond acceptors (Lipinski definition) is 9. The van der Waals surface area contributed by atoms with Crippen molar-refractivity contribution >= 4 is 23.0 Å². The maximum absolute atomic E-state index is 11.9. The Bertz CT molecular complexity index is 1380. The number of pyridine rings is 1. The molecule has 1 fully saturated rings. The van der Waals surface area contributed by atoms with Gasteiger partial charge in [0.15, 0.2) is 5.65 Å². The first-order chi connectivity index (χ1) is 18.5. The fourth-order valence-electron chi connectivity index (χ4n) is 4.52. The molecule has 1 N–H and O–H groups in total. The van der Waals surface area contributed by atoms with E-state index in [4.69, 9.17) is 19.6 Å². The van der Waals surface area contributed by atoms with E-state index >= 15 is 0 Å². The van der Waals surface area contributed by atoms with Crippen LogP contribution < -0.4 is 9.64 Å². The zero-order valence-electron chi connectivity index (χ0n) is 21.5. The molecule has 1 amide bonds. The van der Waals surface area contributed by atoms with Crippen molar-refractivity contribution in [2.45, 2.75) is 19.6 Å². The van der Waals surface area contributed by atoms with Crippen molar-refractivity contribution in [2.75, 3.05) is 44.4 Å². The third-order valence-electron chi connectivity index (χ3n) is 6.58. The van der Waals surface area contributed by atoms with E-state index in [2.05, 4.69) is 15.0 Å². The molecule has 0 radical (unpaired) electrons. The van der Waals surface area contributed by atoms with Gasteiger partial charge in [-0.15, -0.1) is 0 Å². The Hall–Kier alpha value is -4.09. The first kappa shape index (κ1) is 25.6. The molecule has 3 aromatic heterocycles. The van der Waals surface area contributed by atoms with Crippen molar-refractivity contribution in [1.82, 2.24) is 29.4 Å². The minimum Gasteiger partial charge on any atom is -0.491 e. The molecule has 0 aliphatic carbocycles. The number of anilines is 1. The van der Waals surface area contributed by atoms with Crippen LogP contribution in [0.2, 0.25) is 0 Å². The highest BCUT2D eigenvalue weighted by atomic mass is 16.5. The van der Waals surface area contributed by atoms with Crippen LogP contribution in [-0.2, 0) is 23.2 Å². The number of fused-ring (bicyclic) bond motifs is 1. The first-order valence-electron chi connectivity index (χ1n) is 12.6. The molecule has 1 saturated heterocycles. The molecule has 1 aromatic carbocycles. The van der Waals surface area contributed by atoms with Crippen LogP contribution in [0, 0.1) is 0 Å². The van der Waals surface area contributed by atoms with Crippen molar-refractivity contribution in [2.24, 2.45) is 7.05 Å². The zero-order valence-corrected chi connectivity index (χ0v) is 21.5. The van der Waals surface area contributed by atoms with Crippen LogP contribution in [0.15, 0.2) is 54.9 Å². The molecule has 0 saturated carbocycles. The Labute approximate surface area is 220 Å². The lowest BCUT2D eigenvalue weighted by Gasteiger charge is -2.39. The van der Waals surface area contributed by atoms with E-state index in [1.165, 1.54) is 0 Å². The van der Waals surface area contributed by atoms with Crippen molar-refractivity contribution < 1.29 is 19.4 Å². The Morgan fingerprint density at radius 3 is 2.58 bits per heavy atom. The smallest absolute Gasteiger partial charge is 0.248 e. The molecule has 4 aromatic rings. The maximum Gasteiger partial charge on any atom is 0.248 e. The first-order valence-corrected chi connectivity index (χ1v) is 12.6. The van der Waals surface area contributed by atoms with Gasteiger partial charge in [0.25, 0.3) is 0 Å². The molecular weight excluding hydrogens is 486 g/mol. The number of aliphatic hydroxyl groups is 1. The van der Waals surface area contributed by atoms with E-state index in [0.717, 1.165) is 34.0 Å². The Kier molecular flexibility index (Phi) is 7.75. The predicted octanol–water partition coefficient (Wildman–Crippen LogP) is 2.05. The summed E-state index contributed by atoms with van der Waals surface area (Å²) in [6.45, 7) is 4.49. The van der Waals surface area contributed by atoms with Gasteiger partial charge < -0.3 is 28.9 Å². The van der Waals surface area contributed by atoms with E-state index in [0.29, 0.717) is 45.4 Å². The fourth-order valence-corrected chi connectivity index (χ4v) is 4.52. The molecule has 4 heterocycles. The lowest BCUT2D eigenvalue weighted by Crippen LogP contribution is -2.55. The molecule has 38 heavy (non-hydrogen) atoms. The summed E-state index contributed by atoms with van der Waals surface area (Å²) < 4.78 is 13.4. The number of aryl methyl sites for hydroxylation is 1. The molecule has 1 aliphatic rings. The largest absolute Gasteiger partial charge is 0.491 e. The summed E-state index contributed by atoms with van der Waals surface area (Å²) in [4.78, 5) is 34.2. The standard InChI is InChI=1S/C27H31N7O4/c1-19-16-33(10-11-34(19)25(36)17-35)27-28-14-20(15-29-27)22-8-9-23-26(31-22)32(2)24(30-23)18-37-12-13-38-21-6-4-3-5-7-21/h3-9,14-15,19,35H,10-13,16-18H2,1-2H3. The molecule has 5 rings (SSSR count). The van der Waals surface area contributed by atoms with Crippen LogP contribution in [0.3, 0.4) is 0 Å². The predicted molar refractivity (Wildman–Crippen MR) is 142 cm³/mol. The summed E-state index contributed by atoms with van der Waals surface area (Å²) in [6, 6.07) is 13.5. The minimum atomic E-state index is -0.470. The van der Waals surface area contributed by atoms with Gasteiger partial charge in [0.2, 0.25) is 11.9 Å². The van der Waals surface area contributed by atoms with Crippen LogP contribution in [0.25, 0.3) is 22.4 Å². The van der Waals surface area contributed by atoms with Gasteiger partial charge in [-0.1, -0.05) is 18.2 Å². The molecular formula is C27H31N7O4. The number of para-hydroxylation sites is 1. The average molecular weight is 518 g/mol. The van der Waals surface area contributed by atoms with Gasteiger partial charge in [-0.05, 0) is 31.2 Å². The molecule has 11 heteroatoms. The van der Waals surface area contributed by atoms with E-state index in [1.54, 1.807) is 17.3 Å². The summed E-state index contributed by atoms with van der Waals surface area (Å²) in [5.41, 5.74) is 3.10. The third kappa shape index (κ3) is 5.58. The number of benzene rings is 1. The van der Waals surface area contributed by atoms with E-state index in [-0.39, 0.29) is 11.9 Å². The average Bonchev–Trinajstić information content (AvgIpc) is 3.27. The van der Waals surface area contributed by atoms with Gasteiger partial charge in [0.05, 0.1) is 12.3 Å². The Morgan fingerprint density at radius 1 is 1.05 bits per heavy atom. The second kappa shape index (κ2) is 11.5. The Morgan fingerprint density at radius 2 is 1.84 bits per heavy atom. The summed E-state index contributed by atoms with van der Waals surface area (Å²) in [5.74, 6) is 1.95. The van der Waals surface area contributed by atoms with Gasteiger partial charge >= 0.3 is 0 Å². The highest BCUT2D eigenvalue weighted by Crippen LogP contribution is 2.22. The van der Waals surface area contributed by atoms with Gasteiger partial charge in [0, 0.05) is 50.7 Å². The topological polar surface area (TPSA) is 119 Å². The number of carbonyl (C=O) groups excluding carboxylic acids is 1. The quantitative estimate of drug-likeness (QED) is 0.333. The molecule has 0 bridgehead atoms. The molecule has 1 unspecified atom stereocenters. The third-order valence-corrected chi connectivity index (χ3v) is 6.58. The minimum absolute atomic E-state index is 0.0323. The summed E-state index contributed by atoms with van der Waals surface area (Å²) in [7, 11) is 1.92. The second-order valence-corrected chi connectivity index (χ2v) is 9.15. The number of carbonyl (C=O) groups is 1. The molecule has 0 spiro atoms. The monoisotopic (exact) mass is 517 g/mol. The fraction of sp³-hybridized carbons (Fsp3) is 0.370. The molecule has 198 valence electrons. The number of ether oxygens (including phenoxy) is 2. The number of aliphatic hydroxyl groups excluding tert-OH is 1. The number of rotatable bonds is 9. The summed E-state index contributed by atoms with van der Waals surface area (Å²) >= 11 is 0. The lowest BCUT2D eigenvalue weighted by atomic mass is 10.2. The van der Waals surface area contributed by atoms with Crippen molar-refractivity contribution in [3.63, 3.8) is 0 Å². The van der Waals surface area contributed by atoms with Crippen molar-refractivity contribution in [1.29, 1.82) is 0 Å².